The molecule has 1 heterocycles. The number of nitrogens with zero attached hydrogens (tertiary/aromatic N) is 1. The van der Waals surface area contributed by atoms with Crippen LogP contribution < -0.4 is 5.73 Å². The predicted octanol–water partition coefficient (Wildman–Crippen LogP) is 2.51. The maximum absolute atomic E-state index is 6.20. The van der Waals surface area contributed by atoms with Gasteiger partial charge in [-0.15, -0.1) is 11.3 Å². The second-order valence-electron chi connectivity index (χ2n) is 3.63. The van der Waals surface area contributed by atoms with Crippen molar-refractivity contribution in [3.05, 3.63) is 16.1 Å². The van der Waals surface area contributed by atoms with Crippen LogP contribution in [-0.4, -0.2) is 10.5 Å². The smallest absolute Gasteiger partial charge is 0.0946 e. The summed E-state index contributed by atoms with van der Waals surface area (Å²) in [7, 11) is 0. The zero-order valence-electron chi connectivity index (χ0n) is 8.63. The van der Waals surface area contributed by atoms with Gasteiger partial charge in [0.25, 0.3) is 0 Å². The van der Waals surface area contributed by atoms with Crippen LogP contribution >= 0.6 is 11.3 Å². The molecule has 74 valence electrons. The summed E-state index contributed by atoms with van der Waals surface area (Å²) in [6.07, 6.45) is 2.95. The molecule has 0 aliphatic heterocycles. The molecule has 0 fully saturated rings. The Bertz CT molecular complexity index is 264. The zero-order chi connectivity index (χ0) is 9.90. The number of thiazole rings is 1. The summed E-state index contributed by atoms with van der Waals surface area (Å²) in [4.78, 5) is 4.43. The first-order valence-electron chi connectivity index (χ1n) is 4.79. The van der Waals surface area contributed by atoms with E-state index in [-0.39, 0.29) is 5.54 Å². The van der Waals surface area contributed by atoms with Crippen molar-refractivity contribution in [1.29, 1.82) is 0 Å². The highest BCUT2D eigenvalue weighted by Crippen LogP contribution is 2.20. The van der Waals surface area contributed by atoms with Crippen LogP contribution in [0.2, 0.25) is 0 Å². The van der Waals surface area contributed by atoms with Gasteiger partial charge in [-0.2, -0.15) is 0 Å². The Balaban J connectivity index is 2.67. The summed E-state index contributed by atoms with van der Waals surface area (Å²) >= 11 is 1.72. The summed E-state index contributed by atoms with van der Waals surface area (Å²) < 4.78 is 0. The van der Waals surface area contributed by atoms with Gasteiger partial charge in [0.05, 0.1) is 5.01 Å². The van der Waals surface area contributed by atoms with E-state index in [0.29, 0.717) is 0 Å². The van der Waals surface area contributed by atoms with E-state index in [9.17, 15) is 0 Å². The van der Waals surface area contributed by atoms with Crippen molar-refractivity contribution < 1.29 is 0 Å². The molecule has 1 aromatic heterocycles. The zero-order valence-corrected chi connectivity index (χ0v) is 9.45. The van der Waals surface area contributed by atoms with Gasteiger partial charge in [0.2, 0.25) is 0 Å². The third kappa shape index (κ3) is 2.78. The molecule has 0 radical (unpaired) electrons. The Morgan fingerprint density at radius 3 is 2.46 bits per heavy atom. The average molecular weight is 198 g/mol. The molecule has 0 aromatic carbocycles. The quantitative estimate of drug-likeness (QED) is 0.807. The molecule has 0 aliphatic rings. The molecule has 3 heteroatoms. The summed E-state index contributed by atoms with van der Waals surface area (Å²) in [6.45, 7) is 6.31. The SMILES string of the molecule is CCC(N)(CC)Cc1nc(C)cs1. The summed E-state index contributed by atoms with van der Waals surface area (Å²) in [5, 5.41) is 3.25. The number of rotatable bonds is 4. The molecule has 0 saturated heterocycles. The van der Waals surface area contributed by atoms with Gasteiger partial charge in [0.1, 0.15) is 0 Å². The maximum atomic E-state index is 6.20. The minimum atomic E-state index is -0.0513. The van der Waals surface area contributed by atoms with Crippen molar-refractivity contribution in [3.8, 4) is 0 Å². The van der Waals surface area contributed by atoms with Gasteiger partial charge in [0, 0.05) is 23.0 Å². The molecule has 0 unspecified atom stereocenters. The summed E-state index contributed by atoms with van der Waals surface area (Å²) in [5.41, 5.74) is 7.26. The topological polar surface area (TPSA) is 38.9 Å². The molecule has 0 amide bonds. The number of nitrogens with two attached hydrogens (primary N) is 1. The van der Waals surface area contributed by atoms with Crippen LogP contribution in [0.1, 0.15) is 37.4 Å². The van der Waals surface area contributed by atoms with Crippen LogP contribution in [0, 0.1) is 6.92 Å². The molecule has 2 nitrogen and oxygen atoms in total. The number of hydrogen-bond donors (Lipinski definition) is 1. The molecule has 0 atom stereocenters. The normalized spacial score (nSPS) is 12.0. The van der Waals surface area contributed by atoms with E-state index in [1.165, 1.54) is 5.01 Å². The molecular formula is C10H18N2S. The maximum Gasteiger partial charge on any atom is 0.0946 e. The third-order valence-electron chi connectivity index (χ3n) is 2.58. The van der Waals surface area contributed by atoms with Gasteiger partial charge in [-0.3, -0.25) is 0 Å². The van der Waals surface area contributed by atoms with Gasteiger partial charge >= 0.3 is 0 Å². The van der Waals surface area contributed by atoms with Crippen molar-refractivity contribution in [2.45, 2.75) is 45.6 Å². The van der Waals surface area contributed by atoms with Crippen molar-refractivity contribution in [1.82, 2.24) is 4.98 Å². The molecule has 1 rings (SSSR count). The first-order chi connectivity index (χ1) is 6.09. The number of aryl methyl sites for hydroxylation is 1. The highest BCUT2D eigenvalue weighted by atomic mass is 32.1. The summed E-state index contributed by atoms with van der Waals surface area (Å²) in [5.74, 6) is 0. The minimum absolute atomic E-state index is 0.0513. The fraction of sp³-hybridized carbons (Fsp3) is 0.700. The molecular weight excluding hydrogens is 180 g/mol. The van der Waals surface area contributed by atoms with Crippen LogP contribution in [-0.2, 0) is 6.42 Å². The molecule has 0 aliphatic carbocycles. The van der Waals surface area contributed by atoms with Gasteiger partial charge < -0.3 is 5.73 Å². The Morgan fingerprint density at radius 1 is 1.46 bits per heavy atom. The largest absolute Gasteiger partial charge is 0.325 e. The van der Waals surface area contributed by atoms with E-state index in [2.05, 4.69) is 24.2 Å². The molecule has 13 heavy (non-hydrogen) atoms. The van der Waals surface area contributed by atoms with E-state index in [0.717, 1.165) is 25.0 Å². The lowest BCUT2D eigenvalue weighted by atomic mass is 9.91. The highest BCUT2D eigenvalue weighted by molar-refractivity contribution is 7.09. The minimum Gasteiger partial charge on any atom is -0.325 e. The second-order valence-corrected chi connectivity index (χ2v) is 4.57. The molecule has 0 spiro atoms. The van der Waals surface area contributed by atoms with Gasteiger partial charge in [0.15, 0.2) is 0 Å². The lowest BCUT2D eigenvalue weighted by Crippen LogP contribution is -2.40. The lowest BCUT2D eigenvalue weighted by molar-refractivity contribution is 0.392. The Labute approximate surface area is 84.2 Å². The van der Waals surface area contributed by atoms with Gasteiger partial charge in [-0.1, -0.05) is 13.8 Å². The number of hydrogen-bond acceptors (Lipinski definition) is 3. The Hall–Kier alpha value is -0.410. The molecule has 0 saturated carbocycles. The van der Waals surface area contributed by atoms with Crippen LogP contribution in [0.3, 0.4) is 0 Å². The van der Waals surface area contributed by atoms with E-state index < -0.39 is 0 Å². The Kier molecular flexibility index (Phi) is 3.45. The van der Waals surface area contributed by atoms with Crippen LogP contribution in [0.15, 0.2) is 5.38 Å². The van der Waals surface area contributed by atoms with Crippen molar-refractivity contribution >= 4 is 11.3 Å². The van der Waals surface area contributed by atoms with E-state index in [4.69, 9.17) is 5.73 Å². The highest BCUT2D eigenvalue weighted by Gasteiger charge is 2.21. The fourth-order valence-corrected chi connectivity index (χ4v) is 2.21. The Morgan fingerprint density at radius 2 is 2.08 bits per heavy atom. The average Bonchev–Trinajstić information content (AvgIpc) is 2.51. The van der Waals surface area contributed by atoms with E-state index >= 15 is 0 Å². The van der Waals surface area contributed by atoms with Crippen molar-refractivity contribution in [2.75, 3.05) is 0 Å². The van der Waals surface area contributed by atoms with Crippen LogP contribution in [0.4, 0.5) is 0 Å². The molecule has 0 bridgehead atoms. The monoisotopic (exact) mass is 198 g/mol. The number of aromatic nitrogens is 1. The first-order valence-corrected chi connectivity index (χ1v) is 5.67. The fourth-order valence-electron chi connectivity index (χ4n) is 1.29. The predicted molar refractivity (Wildman–Crippen MR) is 58.1 cm³/mol. The van der Waals surface area contributed by atoms with Crippen LogP contribution in [0.5, 0.6) is 0 Å². The summed E-state index contributed by atoms with van der Waals surface area (Å²) in [6, 6.07) is 0. The first kappa shape index (κ1) is 10.7. The van der Waals surface area contributed by atoms with Gasteiger partial charge in [-0.25, -0.2) is 4.98 Å². The lowest BCUT2D eigenvalue weighted by Gasteiger charge is -2.25. The van der Waals surface area contributed by atoms with Gasteiger partial charge in [-0.05, 0) is 19.8 Å². The van der Waals surface area contributed by atoms with Crippen molar-refractivity contribution in [2.24, 2.45) is 5.73 Å². The van der Waals surface area contributed by atoms with Crippen molar-refractivity contribution in [3.63, 3.8) is 0 Å². The molecule has 1 aromatic rings. The van der Waals surface area contributed by atoms with E-state index in [1.54, 1.807) is 11.3 Å². The second kappa shape index (κ2) is 4.20. The standard InChI is InChI=1S/C10H18N2S/c1-4-10(11,5-2)6-9-12-8(3)7-13-9/h7H,4-6,11H2,1-3H3. The van der Waals surface area contributed by atoms with Crippen LogP contribution in [0.25, 0.3) is 0 Å². The van der Waals surface area contributed by atoms with E-state index in [1.807, 2.05) is 6.92 Å². The third-order valence-corrected chi connectivity index (χ3v) is 3.54. The molecule has 2 N–H and O–H groups in total.